The monoisotopic (exact) mass is 446 g/mol. The van der Waals surface area contributed by atoms with Gasteiger partial charge in [-0.05, 0) is 43.2 Å². The number of halogens is 2. The highest BCUT2D eigenvalue weighted by molar-refractivity contribution is 7.98. The van der Waals surface area contributed by atoms with Crippen LogP contribution in [0, 0.1) is 5.82 Å². The number of ether oxygens (including phenoxy) is 1. The van der Waals surface area contributed by atoms with Gasteiger partial charge in [-0.1, -0.05) is 41.6 Å². The lowest BCUT2D eigenvalue weighted by molar-refractivity contribution is 0.141. The van der Waals surface area contributed by atoms with Gasteiger partial charge in [-0.15, -0.1) is 10.2 Å². The standard InChI is InChI=1S/C21H20ClFN4O2S/c1-2-29-11-5-10-26-19(28)16-6-3-4-7-18(16)27-20(26)24-25-21(27)30-13-14-8-9-15(23)12-17(14)22/h3-4,6-9,12H,2,5,10-11,13H2,1H3. The van der Waals surface area contributed by atoms with Crippen LogP contribution in [0.3, 0.4) is 0 Å². The number of hydrogen-bond donors (Lipinski definition) is 0. The molecule has 6 nitrogen and oxygen atoms in total. The number of para-hydroxylation sites is 1. The molecule has 0 saturated heterocycles. The summed E-state index contributed by atoms with van der Waals surface area (Å²) in [7, 11) is 0. The largest absolute Gasteiger partial charge is 0.382 e. The summed E-state index contributed by atoms with van der Waals surface area (Å²) in [6.45, 7) is 3.63. The van der Waals surface area contributed by atoms with Crippen LogP contribution in [0.25, 0.3) is 16.7 Å². The number of nitrogens with zero attached hydrogens (tertiary/aromatic N) is 4. The lowest BCUT2D eigenvalue weighted by Crippen LogP contribution is -2.24. The van der Waals surface area contributed by atoms with Gasteiger partial charge in [-0.25, -0.2) is 4.39 Å². The van der Waals surface area contributed by atoms with Crippen molar-refractivity contribution in [1.82, 2.24) is 19.2 Å². The van der Waals surface area contributed by atoms with Crippen LogP contribution >= 0.6 is 23.4 Å². The summed E-state index contributed by atoms with van der Waals surface area (Å²) < 4.78 is 22.3. The summed E-state index contributed by atoms with van der Waals surface area (Å²) in [5.41, 5.74) is 1.45. The summed E-state index contributed by atoms with van der Waals surface area (Å²) in [6, 6.07) is 11.8. The fourth-order valence-corrected chi connectivity index (χ4v) is 4.54. The first kappa shape index (κ1) is 20.8. The van der Waals surface area contributed by atoms with Crippen molar-refractivity contribution in [3.63, 3.8) is 0 Å². The third-order valence-corrected chi connectivity index (χ3v) is 6.05. The zero-order valence-corrected chi connectivity index (χ0v) is 17.9. The number of aromatic nitrogens is 4. The normalized spacial score (nSPS) is 11.6. The van der Waals surface area contributed by atoms with Gasteiger partial charge >= 0.3 is 0 Å². The van der Waals surface area contributed by atoms with Gasteiger partial charge < -0.3 is 4.74 Å². The van der Waals surface area contributed by atoms with E-state index in [1.807, 2.05) is 29.5 Å². The van der Waals surface area contributed by atoms with E-state index in [0.29, 0.717) is 53.3 Å². The van der Waals surface area contributed by atoms with Crippen LogP contribution in [0.2, 0.25) is 5.02 Å². The molecule has 2 aromatic carbocycles. The van der Waals surface area contributed by atoms with Crippen molar-refractivity contribution < 1.29 is 9.13 Å². The molecular formula is C21H20ClFN4O2S. The minimum Gasteiger partial charge on any atom is -0.382 e. The molecule has 0 N–H and O–H groups in total. The third-order valence-electron chi connectivity index (χ3n) is 4.72. The van der Waals surface area contributed by atoms with E-state index < -0.39 is 0 Å². The van der Waals surface area contributed by atoms with E-state index >= 15 is 0 Å². The van der Waals surface area contributed by atoms with Crippen molar-refractivity contribution in [3.8, 4) is 0 Å². The second kappa shape index (κ2) is 9.16. The molecule has 0 spiro atoms. The van der Waals surface area contributed by atoms with Gasteiger partial charge in [0.05, 0.1) is 10.9 Å². The van der Waals surface area contributed by atoms with Crippen LogP contribution in [0.15, 0.2) is 52.4 Å². The molecule has 30 heavy (non-hydrogen) atoms. The molecule has 9 heteroatoms. The fraction of sp³-hybridized carbons (Fsp3) is 0.286. The van der Waals surface area contributed by atoms with Crippen LogP contribution in [-0.2, 0) is 17.0 Å². The van der Waals surface area contributed by atoms with Gasteiger partial charge in [0.2, 0.25) is 5.78 Å². The van der Waals surface area contributed by atoms with Gasteiger partial charge in [-0.2, -0.15) is 0 Å². The van der Waals surface area contributed by atoms with E-state index in [9.17, 15) is 9.18 Å². The third kappa shape index (κ3) is 4.08. The minimum absolute atomic E-state index is 0.0971. The van der Waals surface area contributed by atoms with Gasteiger partial charge in [0, 0.05) is 30.5 Å². The van der Waals surface area contributed by atoms with E-state index in [0.717, 1.165) is 11.1 Å². The number of fused-ring (bicyclic) bond motifs is 3. The zero-order valence-electron chi connectivity index (χ0n) is 16.3. The molecular weight excluding hydrogens is 427 g/mol. The quantitative estimate of drug-likeness (QED) is 0.293. The first-order valence-electron chi connectivity index (χ1n) is 9.61. The maximum Gasteiger partial charge on any atom is 0.262 e. The van der Waals surface area contributed by atoms with Crippen LogP contribution in [-0.4, -0.2) is 32.4 Å². The lowest BCUT2D eigenvalue weighted by Gasteiger charge is -2.11. The molecule has 0 aliphatic rings. The molecule has 2 aromatic heterocycles. The number of rotatable bonds is 8. The highest BCUT2D eigenvalue weighted by Crippen LogP contribution is 2.28. The fourth-order valence-electron chi connectivity index (χ4n) is 3.28. The summed E-state index contributed by atoms with van der Waals surface area (Å²) >= 11 is 7.59. The van der Waals surface area contributed by atoms with Gasteiger partial charge in [0.25, 0.3) is 5.56 Å². The van der Waals surface area contributed by atoms with E-state index in [4.69, 9.17) is 16.3 Å². The molecule has 4 aromatic rings. The Bertz CT molecular complexity index is 1260. The molecule has 0 unspecified atom stereocenters. The zero-order chi connectivity index (χ0) is 21.1. The average molecular weight is 447 g/mol. The second-order valence-corrected chi connectivity index (χ2v) is 8.02. The molecule has 156 valence electrons. The summed E-state index contributed by atoms with van der Waals surface area (Å²) in [4.78, 5) is 13.1. The van der Waals surface area contributed by atoms with Crippen molar-refractivity contribution in [2.75, 3.05) is 13.2 Å². The van der Waals surface area contributed by atoms with Crippen LogP contribution in [0.5, 0.6) is 0 Å². The SMILES string of the molecule is CCOCCCn1c(=O)c2ccccc2n2c(SCc3ccc(F)cc3Cl)nnc12. The van der Waals surface area contributed by atoms with Crippen LogP contribution < -0.4 is 5.56 Å². The predicted molar refractivity (Wildman–Crippen MR) is 117 cm³/mol. The second-order valence-electron chi connectivity index (χ2n) is 6.67. The maximum absolute atomic E-state index is 13.3. The van der Waals surface area contributed by atoms with E-state index in [2.05, 4.69) is 10.2 Å². The first-order valence-corrected chi connectivity index (χ1v) is 11.0. The highest BCUT2D eigenvalue weighted by Gasteiger charge is 2.17. The molecule has 0 bridgehead atoms. The maximum atomic E-state index is 13.3. The molecule has 0 atom stereocenters. The Morgan fingerprint density at radius 1 is 1.20 bits per heavy atom. The van der Waals surface area contributed by atoms with Gasteiger partial charge in [0.1, 0.15) is 5.82 Å². The lowest BCUT2D eigenvalue weighted by atomic mass is 10.2. The number of benzene rings is 2. The molecule has 0 saturated carbocycles. The number of hydrogen-bond acceptors (Lipinski definition) is 5. The van der Waals surface area contributed by atoms with Crippen molar-refractivity contribution in [2.45, 2.75) is 30.8 Å². The number of aryl methyl sites for hydroxylation is 1. The summed E-state index contributed by atoms with van der Waals surface area (Å²) in [5, 5.41) is 10.2. The van der Waals surface area contributed by atoms with E-state index in [1.54, 1.807) is 16.7 Å². The predicted octanol–water partition coefficient (Wildman–Crippen LogP) is 4.56. The smallest absolute Gasteiger partial charge is 0.262 e. The highest BCUT2D eigenvalue weighted by atomic mass is 35.5. The Morgan fingerprint density at radius 2 is 2.03 bits per heavy atom. The molecule has 4 rings (SSSR count). The van der Waals surface area contributed by atoms with Crippen LogP contribution in [0.1, 0.15) is 18.9 Å². The Balaban J connectivity index is 1.74. The van der Waals surface area contributed by atoms with E-state index in [-0.39, 0.29) is 11.4 Å². The van der Waals surface area contributed by atoms with Gasteiger partial charge in [-0.3, -0.25) is 13.8 Å². The molecule has 2 heterocycles. The van der Waals surface area contributed by atoms with Crippen LogP contribution in [0.4, 0.5) is 4.39 Å². The molecule has 0 radical (unpaired) electrons. The Hall–Kier alpha value is -2.42. The molecule has 0 aliphatic carbocycles. The molecule has 0 aliphatic heterocycles. The molecule has 0 amide bonds. The van der Waals surface area contributed by atoms with Crippen molar-refractivity contribution in [3.05, 3.63) is 69.2 Å². The Labute approximate surface area is 181 Å². The molecule has 0 fully saturated rings. The first-order chi connectivity index (χ1) is 14.6. The Morgan fingerprint density at radius 3 is 2.83 bits per heavy atom. The topological polar surface area (TPSA) is 61.4 Å². The van der Waals surface area contributed by atoms with Gasteiger partial charge in [0.15, 0.2) is 5.16 Å². The van der Waals surface area contributed by atoms with Crippen molar-refractivity contribution >= 4 is 40.0 Å². The Kier molecular flexibility index (Phi) is 6.36. The number of thioether (sulfide) groups is 1. The average Bonchev–Trinajstić information content (AvgIpc) is 3.16. The van der Waals surface area contributed by atoms with E-state index in [1.165, 1.54) is 23.9 Å². The van der Waals surface area contributed by atoms with Crippen molar-refractivity contribution in [2.24, 2.45) is 0 Å². The van der Waals surface area contributed by atoms with Crippen molar-refractivity contribution in [1.29, 1.82) is 0 Å². The minimum atomic E-state index is -0.372. The summed E-state index contributed by atoms with van der Waals surface area (Å²) in [5.74, 6) is 0.615. The summed E-state index contributed by atoms with van der Waals surface area (Å²) in [6.07, 6.45) is 0.697.